The molecule has 2 fully saturated rings. The standard InChI is InChI=1S/C13H22N2O4/c1-8-6-15(7-11(8)12(17)18)13(19)14-9-2-4-10(16)5-3-9/h8-11,16H,2-7H2,1H3,(H,14,19)(H,17,18)/t8-,9?,10?,11-/m1/s1. The van der Waals surface area contributed by atoms with E-state index in [4.69, 9.17) is 5.11 Å². The number of rotatable bonds is 2. The zero-order chi connectivity index (χ0) is 14.0. The zero-order valence-corrected chi connectivity index (χ0v) is 11.2. The molecule has 2 atom stereocenters. The summed E-state index contributed by atoms with van der Waals surface area (Å²) in [5.41, 5.74) is 0. The van der Waals surface area contributed by atoms with Gasteiger partial charge in [-0.05, 0) is 31.6 Å². The van der Waals surface area contributed by atoms with E-state index in [0.29, 0.717) is 6.54 Å². The van der Waals surface area contributed by atoms with Crippen molar-refractivity contribution < 1.29 is 19.8 Å². The van der Waals surface area contributed by atoms with Crippen molar-refractivity contribution in [3.63, 3.8) is 0 Å². The number of nitrogens with zero attached hydrogens (tertiary/aromatic N) is 1. The maximum absolute atomic E-state index is 12.1. The predicted octanol–water partition coefficient (Wildman–Crippen LogP) is 0.652. The van der Waals surface area contributed by atoms with Crippen LogP contribution in [0, 0.1) is 11.8 Å². The zero-order valence-electron chi connectivity index (χ0n) is 11.2. The lowest BCUT2D eigenvalue weighted by atomic mass is 9.93. The number of carboxylic acids is 1. The number of carbonyl (C=O) groups is 2. The van der Waals surface area contributed by atoms with Crippen molar-refractivity contribution in [2.24, 2.45) is 11.8 Å². The van der Waals surface area contributed by atoms with Crippen LogP contribution in [-0.2, 0) is 4.79 Å². The number of aliphatic carboxylic acids is 1. The second kappa shape index (κ2) is 5.77. The Morgan fingerprint density at radius 3 is 2.32 bits per heavy atom. The van der Waals surface area contributed by atoms with Crippen molar-refractivity contribution in [3.8, 4) is 0 Å². The molecule has 1 saturated carbocycles. The molecule has 0 aromatic heterocycles. The second-order valence-electron chi connectivity index (χ2n) is 5.78. The summed E-state index contributed by atoms with van der Waals surface area (Å²) in [6.07, 6.45) is 2.78. The summed E-state index contributed by atoms with van der Waals surface area (Å²) < 4.78 is 0. The molecule has 0 aromatic carbocycles. The molecule has 19 heavy (non-hydrogen) atoms. The molecule has 1 aliphatic carbocycles. The number of likely N-dealkylation sites (tertiary alicyclic amines) is 1. The van der Waals surface area contributed by atoms with Gasteiger partial charge in [-0.2, -0.15) is 0 Å². The molecule has 0 spiro atoms. The van der Waals surface area contributed by atoms with Gasteiger partial charge >= 0.3 is 12.0 Å². The first-order valence-corrected chi connectivity index (χ1v) is 6.93. The highest BCUT2D eigenvalue weighted by Gasteiger charge is 2.37. The number of aliphatic hydroxyl groups excluding tert-OH is 1. The molecule has 108 valence electrons. The van der Waals surface area contributed by atoms with Gasteiger partial charge in [0.25, 0.3) is 0 Å². The van der Waals surface area contributed by atoms with Gasteiger partial charge in [0.2, 0.25) is 0 Å². The molecule has 2 rings (SSSR count). The average molecular weight is 270 g/mol. The highest BCUT2D eigenvalue weighted by Crippen LogP contribution is 2.24. The number of amides is 2. The molecule has 0 bridgehead atoms. The quantitative estimate of drug-likeness (QED) is 0.687. The summed E-state index contributed by atoms with van der Waals surface area (Å²) in [6, 6.07) is -0.0629. The van der Waals surface area contributed by atoms with E-state index in [1.54, 1.807) is 4.90 Å². The van der Waals surface area contributed by atoms with E-state index in [2.05, 4.69) is 5.32 Å². The van der Waals surface area contributed by atoms with E-state index in [-0.39, 0.29) is 30.6 Å². The topological polar surface area (TPSA) is 89.9 Å². The molecule has 1 saturated heterocycles. The number of hydrogen-bond acceptors (Lipinski definition) is 3. The number of hydrogen-bond donors (Lipinski definition) is 3. The van der Waals surface area contributed by atoms with Crippen LogP contribution in [0.5, 0.6) is 0 Å². The summed E-state index contributed by atoms with van der Waals surface area (Å²) >= 11 is 0. The van der Waals surface area contributed by atoms with Gasteiger partial charge in [0.1, 0.15) is 0 Å². The van der Waals surface area contributed by atoms with E-state index in [9.17, 15) is 14.7 Å². The van der Waals surface area contributed by atoms with Crippen LogP contribution in [0.2, 0.25) is 0 Å². The van der Waals surface area contributed by atoms with Gasteiger partial charge in [0.05, 0.1) is 12.0 Å². The highest BCUT2D eigenvalue weighted by atomic mass is 16.4. The minimum Gasteiger partial charge on any atom is -0.481 e. The van der Waals surface area contributed by atoms with Crippen LogP contribution in [-0.4, -0.2) is 52.3 Å². The summed E-state index contributed by atoms with van der Waals surface area (Å²) in [4.78, 5) is 24.7. The number of nitrogens with one attached hydrogen (secondary N) is 1. The number of urea groups is 1. The smallest absolute Gasteiger partial charge is 0.317 e. The van der Waals surface area contributed by atoms with Crippen LogP contribution >= 0.6 is 0 Å². The first kappa shape index (κ1) is 14.1. The normalized spacial score (nSPS) is 35.2. The summed E-state index contributed by atoms with van der Waals surface area (Å²) in [5, 5.41) is 21.4. The van der Waals surface area contributed by atoms with E-state index < -0.39 is 11.9 Å². The summed E-state index contributed by atoms with van der Waals surface area (Å²) in [7, 11) is 0. The van der Waals surface area contributed by atoms with Gasteiger partial charge in [-0.15, -0.1) is 0 Å². The molecule has 0 radical (unpaired) electrons. The first-order chi connectivity index (χ1) is 8.97. The number of carbonyl (C=O) groups excluding carboxylic acids is 1. The monoisotopic (exact) mass is 270 g/mol. The van der Waals surface area contributed by atoms with Gasteiger partial charge in [-0.25, -0.2) is 4.79 Å². The fraction of sp³-hybridized carbons (Fsp3) is 0.846. The van der Waals surface area contributed by atoms with Crippen molar-refractivity contribution in [3.05, 3.63) is 0 Å². The van der Waals surface area contributed by atoms with Gasteiger partial charge in [0.15, 0.2) is 0 Å². The Labute approximate surface area is 112 Å². The van der Waals surface area contributed by atoms with Crippen LogP contribution in [0.3, 0.4) is 0 Å². The Balaban J connectivity index is 1.82. The van der Waals surface area contributed by atoms with Crippen LogP contribution < -0.4 is 5.32 Å². The SMILES string of the molecule is C[C@@H]1CN(C(=O)NC2CCC(O)CC2)C[C@H]1C(=O)O. The molecule has 1 heterocycles. The molecular formula is C13H22N2O4. The number of aliphatic hydroxyl groups is 1. The Morgan fingerprint density at radius 2 is 1.79 bits per heavy atom. The van der Waals surface area contributed by atoms with E-state index in [1.807, 2.05) is 6.92 Å². The summed E-state index contributed by atoms with van der Waals surface area (Å²) in [6.45, 7) is 2.65. The molecular weight excluding hydrogens is 248 g/mol. The third-order valence-corrected chi connectivity index (χ3v) is 4.24. The van der Waals surface area contributed by atoms with Crippen molar-refractivity contribution in [1.82, 2.24) is 10.2 Å². The van der Waals surface area contributed by atoms with E-state index >= 15 is 0 Å². The predicted molar refractivity (Wildman–Crippen MR) is 68.7 cm³/mol. The molecule has 6 nitrogen and oxygen atoms in total. The lowest BCUT2D eigenvalue weighted by Gasteiger charge is -2.28. The molecule has 0 unspecified atom stereocenters. The Kier molecular flexibility index (Phi) is 4.29. The Morgan fingerprint density at radius 1 is 1.16 bits per heavy atom. The highest BCUT2D eigenvalue weighted by molar-refractivity contribution is 5.77. The lowest BCUT2D eigenvalue weighted by molar-refractivity contribution is -0.142. The third-order valence-electron chi connectivity index (χ3n) is 4.24. The van der Waals surface area contributed by atoms with E-state index in [1.165, 1.54) is 0 Å². The second-order valence-corrected chi connectivity index (χ2v) is 5.78. The number of carboxylic acid groups (broad SMARTS) is 1. The average Bonchev–Trinajstić information content (AvgIpc) is 2.74. The lowest BCUT2D eigenvalue weighted by Crippen LogP contribution is -2.45. The summed E-state index contributed by atoms with van der Waals surface area (Å²) in [5.74, 6) is -1.29. The molecule has 3 N–H and O–H groups in total. The van der Waals surface area contributed by atoms with Crippen LogP contribution in [0.1, 0.15) is 32.6 Å². The Bertz CT molecular complexity index is 353. The van der Waals surface area contributed by atoms with Crippen molar-refractivity contribution in [2.45, 2.75) is 44.8 Å². The van der Waals surface area contributed by atoms with Gasteiger partial charge in [0, 0.05) is 19.1 Å². The van der Waals surface area contributed by atoms with Crippen LogP contribution in [0.15, 0.2) is 0 Å². The van der Waals surface area contributed by atoms with Gasteiger partial charge in [-0.3, -0.25) is 4.79 Å². The minimum absolute atomic E-state index is 0.00331. The van der Waals surface area contributed by atoms with Crippen molar-refractivity contribution in [2.75, 3.05) is 13.1 Å². The van der Waals surface area contributed by atoms with Crippen molar-refractivity contribution >= 4 is 12.0 Å². The molecule has 6 heteroatoms. The third kappa shape index (κ3) is 3.37. The Hall–Kier alpha value is -1.30. The molecule has 2 amide bonds. The molecule has 2 aliphatic rings. The maximum Gasteiger partial charge on any atom is 0.317 e. The van der Waals surface area contributed by atoms with Crippen LogP contribution in [0.25, 0.3) is 0 Å². The van der Waals surface area contributed by atoms with Gasteiger partial charge < -0.3 is 20.4 Å². The fourth-order valence-corrected chi connectivity index (χ4v) is 2.94. The maximum atomic E-state index is 12.1. The largest absolute Gasteiger partial charge is 0.481 e. The fourth-order valence-electron chi connectivity index (χ4n) is 2.94. The van der Waals surface area contributed by atoms with E-state index in [0.717, 1.165) is 25.7 Å². The van der Waals surface area contributed by atoms with Gasteiger partial charge in [-0.1, -0.05) is 6.92 Å². The van der Waals surface area contributed by atoms with Crippen molar-refractivity contribution in [1.29, 1.82) is 0 Å². The minimum atomic E-state index is -0.830. The first-order valence-electron chi connectivity index (χ1n) is 6.93. The van der Waals surface area contributed by atoms with Crippen LogP contribution in [0.4, 0.5) is 4.79 Å². The molecule has 0 aromatic rings. The molecule has 1 aliphatic heterocycles.